The minimum Gasteiger partial charge on any atom is -0.478 e. The summed E-state index contributed by atoms with van der Waals surface area (Å²) in [7, 11) is 0. The average molecular weight is 1010 g/mol. The molecular weight excluding hydrogens is 921 g/mol. The Labute approximate surface area is 420 Å². The van der Waals surface area contributed by atoms with E-state index >= 15 is 0 Å². The van der Waals surface area contributed by atoms with Gasteiger partial charge in [-0.3, -0.25) is 9.97 Å². The molecule has 3 N–H and O–H groups in total. The number of pyridine rings is 3. The molecule has 12 heteroatoms. The van der Waals surface area contributed by atoms with Gasteiger partial charge < -0.3 is 59.9 Å². The summed E-state index contributed by atoms with van der Waals surface area (Å²) in [5, 5.41) is 25.0. The fraction of sp³-hybridized carbons (Fsp3) is 0.442. The summed E-state index contributed by atoms with van der Waals surface area (Å²) < 4.78 is 0. The third-order valence-electron chi connectivity index (χ3n) is 2.72. The second-order valence-corrected chi connectivity index (χ2v) is 8.85. The third-order valence-corrected chi connectivity index (χ3v) is 2.72. The largest absolute Gasteiger partial charge is 0.478 e. The van der Waals surface area contributed by atoms with Crippen molar-refractivity contribution in [2.75, 3.05) is 0 Å². The summed E-state index contributed by atoms with van der Waals surface area (Å²) in [4.78, 5) is 41.3. The fourth-order valence-electron chi connectivity index (χ4n) is 1.47. The standard InChI is InChI=1S/3C6H5NO2.6C3H8.CH4.6CH3.3Y/c8-6(9)5-1-3-7-4-2-5;8-6(9)5-2-1-3-7-4-5;8-6(9)5-3-1-2-4-7-5;6*1-3-2;;;;;;;;;;/h3*1-4H,(H,8,9);6*3H2,1-2H3;1H4;6*1H3;;;/q;;;;;;;;;;6*-1;;;. The summed E-state index contributed by atoms with van der Waals surface area (Å²) in [5.74, 6) is -2.85. The van der Waals surface area contributed by atoms with Crippen molar-refractivity contribution in [3.8, 4) is 0 Å². The van der Waals surface area contributed by atoms with Crippen molar-refractivity contribution in [2.45, 2.75) is 129 Å². The number of aromatic nitrogens is 3. The SMILES string of the molecule is C.CCC.CCC.CCC.CCC.CCC.CCC.O=C(O)c1ccccn1.O=C(O)c1cccnc1.O=C(O)c1ccncc1.[CH3-].[CH3-].[CH3-].[CH3-].[CH3-].[CH3-].[Y].[Y].[Y]. The number of nitrogens with zero attached hydrogens (tertiary/aromatic N) is 3. The van der Waals surface area contributed by atoms with Crippen LogP contribution in [0.2, 0.25) is 0 Å². The Bertz CT molecular complexity index is 844. The summed E-state index contributed by atoms with van der Waals surface area (Å²) in [5.41, 5.74) is 0.569. The van der Waals surface area contributed by atoms with Gasteiger partial charge in [0.25, 0.3) is 0 Å². The van der Waals surface area contributed by atoms with Crippen molar-refractivity contribution in [2.24, 2.45) is 0 Å². The molecule has 0 bridgehead atoms. The molecule has 0 aromatic carbocycles. The van der Waals surface area contributed by atoms with Gasteiger partial charge in [0, 0.05) is 129 Å². The van der Waals surface area contributed by atoms with Crippen LogP contribution >= 0.6 is 0 Å². The number of rotatable bonds is 3. The van der Waals surface area contributed by atoms with Gasteiger partial charge in [0.15, 0.2) is 0 Å². The van der Waals surface area contributed by atoms with Gasteiger partial charge in [-0.1, -0.05) is 135 Å². The van der Waals surface area contributed by atoms with Crippen LogP contribution in [0.15, 0.2) is 73.4 Å². The molecule has 0 aliphatic carbocycles. The van der Waals surface area contributed by atoms with E-state index in [2.05, 4.69) is 98.0 Å². The molecule has 0 unspecified atom stereocenters. The molecule has 0 aliphatic heterocycles. The van der Waals surface area contributed by atoms with Crippen LogP contribution in [0, 0.1) is 44.6 Å². The van der Waals surface area contributed by atoms with Gasteiger partial charge in [-0.2, -0.15) is 0 Å². The van der Waals surface area contributed by atoms with Crippen LogP contribution in [0.3, 0.4) is 0 Å². The number of hydrogen-bond acceptors (Lipinski definition) is 6. The van der Waals surface area contributed by atoms with E-state index in [0.717, 1.165) is 0 Å². The third kappa shape index (κ3) is 113. The number of aromatic carboxylic acids is 3. The summed E-state index contributed by atoms with van der Waals surface area (Å²) in [6, 6.07) is 10.7. The first-order valence-corrected chi connectivity index (χ1v) is 15.8. The van der Waals surface area contributed by atoms with E-state index in [4.69, 9.17) is 15.3 Å². The molecule has 0 fully saturated rings. The van der Waals surface area contributed by atoms with Gasteiger partial charge >= 0.3 is 17.9 Å². The molecule has 0 atom stereocenters. The van der Waals surface area contributed by atoms with Crippen molar-refractivity contribution >= 4 is 17.9 Å². The molecule has 3 rings (SSSR count). The summed E-state index contributed by atoms with van der Waals surface area (Å²) >= 11 is 0. The maximum Gasteiger partial charge on any atom is 0.354 e. The van der Waals surface area contributed by atoms with Crippen LogP contribution in [0.5, 0.6) is 0 Å². The Morgan fingerprint density at radius 2 is 0.764 bits per heavy atom. The van der Waals surface area contributed by atoms with E-state index in [1.165, 1.54) is 93.8 Å². The first-order valence-electron chi connectivity index (χ1n) is 15.8. The maximum atomic E-state index is 10.2. The van der Waals surface area contributed by atoms with Gasteiger partial charge in [-0.25, -0.2) is 19.4 Å². The van der Waals surface area contributed by atoms with Crippen molar-refractivity contribution in [3.63, 3.8) is 0 Å². The smallest absolute Gasteiger partial charge is 0.354 e. The summed E-state index contributed by atoms with van der Waals surface area (Å²) in [6.07, 6.45) is 14.7. The van der Waals surface area contributed by atoms with E-state index in [1.807, 2.05) is 0 Å². The topological polar surface area (TPSA) is 151 Å². The van der Waals surface area contributed by atoms with Crippen molar-refractivity contribution in [3.05, 3.63) is 135 Å². The van der Waals surface area contributed by atoms with Gasteiger partial charge in [0.1, 0.15) is 5.69 Å². The number of hydrogen-bond donors (Lipinski definition) is 3. The molecule has 3 radical (unpaired) electrons. The van der Waals surface area contributed by atoms with E-state index in [1.54, 1.807) is 18.2 Å². The number of carboxylic acids is 3. The van der Waals surface area contributed by atoms with Crippen molar-refractivity contribution < 1.29 is 128 Å². The number of carboxylic acid groups (broad SMARTS) is 3. The predicted molar refractivity (Wildman–Crippen MR) is 235 cm³/mol. The van der Waals surface area contributed by atoms with Crippen LogP contribution < -0.4 is 0 Å². The minimum atomic E-state index is -0.990. The Hall–Kier alpha value is -0.828. The van der Waals surface area contributed by atoms with E-state index in [9.17, 15) is 14.4 Å². The molecule has 3 aromatic heterocycles. The molecule has 0 saturated heterocycles. The quantitative estimate of drug-likeness (QED) is 0.218. The second kappa shape index (κ2) is 99.3. The van der Waals surface area contributed by atoms with Crippen LogP contribution in [0.25, 0.3) is 0 Å². The van der Waals surface area contributed by atoms with E-state index in [0.29, 0.717) is 0 Å². The van der Waals surface area contributed by atoms with Crippen molar-refractivity contribution in [1.82, 2.24) is 15.0 Å². The molecule has 0 saturated carbocycles. The fourth-order valence-corrected chi connectivity index (χ4v) is 1.47. The van der Waals surface area contributed by atoms with Gasteiger partial charge in [-0.15, -0.1) is 0 Å². The molecule has 323 valence electrons. The van der Waals surface area contributed by atoms with E-state index < -0.39 is 17.9 Å². The predicted octanol–water partition coefficient (Wildman–Crippen LogP) is 14.2. The Kier molecular flexibility index (Phi) is 190. The first kappa shape index (κ1) is 105. The Balaban J connectivity index is -0.0000000228. The molecule has 55 heavy (non-hydrogen) atoms. The minimum absolute atomic E-state index is 0. The zero-order chi connectivity index (χ0) is 36.3. The number of carbonyl (C=O) groups is 3. The molecule has 3 heterocycles. The summed E-state index contributed by atoms with van der Waals surface area (Å²) in [6.45, 7) is 25.5. The Morgan fingerprint density at radius 1 is 0.436 bits per heavy atom. The maximum absolute atomic E-state index is 10.2. The molecular formula is C43H85N3O6Y3-6. The first-order chi connectivity index (χ1) is 21.4. The van der Waals surface area contributed by atoms with Gasteiger partial charge in [0.05, 0.1) is 11.1 Å². The van der Waals surface area contributed by atoms with Crippen molar-refractivity contribution in [1.29, 1.82) is 0 Å². The van der Waals surface area contributed by atoms with Crippen LogP contribution in [-0.4, -0.2) is 48.2 Å². The average Bonchev–Trinajstić information content (AvgIpc) is 3.02. The zero-order valence-electron chi connectivity index (χ0n) is 37.8. The second-order valence-electron chi connectivity index (χ2n) is 8.85. The molecule has 0 amide bonds. The van der Waals surface area contributed by atoms with Crippen LogP contribution in [-0.2, 0) is 98.1 Å². The zero-order valence-corrected chi connectivity index (χ0v) is 46.3. The molecule has 9 nitrogen and oxygen atoms in total. The van der Waals surface area contributed by atoms with Gasteiger partial charge in [-0.05, 0) is 36.4 Å². The van der Waals surface area contributed by atoms with Gasteiger partial charge in [0.2, 0.25) is 0 Å². The van der Waals surface area contributed by atoms with Crippen LogP contribution in [0.4, 0.5) is 0 Å². The molecule has 0 spiro atoms. The van der Waals surface area contributed by atoms with E-state index in [-0.39, 0.29) is 167 Å². The molecule has 3 aromatic rings. The van der Waals surface area contributed by atoms with Crippen LogP contribution in [0.1, 0.15) is 160 Å². The Morgan fingerprint density at radius 3 is 0.927 bits per heavy atom. The monoisotopic (exact) mass is 1010 g/mol. The molecule has 0 aliphatic rings. The normalized spacial score (nSPS) is 6.33.